The van der Waals surface area contributed by atoms with Crippen LogP contribution in [0.5, 0.6) is 0 Å². The summed E-state index contributed by atoms with van der Waals surface area (Å²) in [6.07, 6.45) is 0. The van der Waals surface area contributed by atoms with Crippen molar-refractivity contribution in [3.05, 3.63) is 0 Å². The molecule has 0 fully saturated rings. The van der Waals surface area contributed by atoms with Crippen molar-refractivity contribution in [2.24, 2.45) is 0 Å². The van der Waals surface area contributed by atoms with Crippen LogP contribution in [0.1, 0.15) is 13.8 Å². The molecule has 0 aromatic rings. The van der Waals surface area contributed by atoms with Crippen molar-refractivity contribution in [3.63, 3.8) is 0 Å². The average Bonchev–Trinajstić information content (AvgIpc) is 2.12. The first-order chi connectivity index (χ1) is 5.68. The molecule has 0 aromatic heterocycles. The quantitative estimate of drug-likeness (QED) is 0.451. The van der Waals surface area contributed by atoms with Gasteiger partial charge in [0.05, 0.1) is 40.0 Å². The van der Waals surface area contributed by atoms with Crippen LogP contribution in [0, 0.1) is 0 Å². The summed E-state index contributed by atoms with van der Waals surface area (Å²) in [6.45, 7) is 9.03. The van der Waals surface area contributed by atoms with Crippen LogP contribution in [0.3, 0.4) is 0 Å². The number of ether oxygens (including phenoxy) is 1. The average molecular weight is 176 g/mol. The Morgan fingerprint density at radius 1 is 1.17 bits per heavy atom. The van der Waals surface area contributed by atoms with Crippen LogP contribution in [0.2, 0.25) is 0 Å². The van der Waals surface area contributed by atoms with Gasteiger partial charge in [-0.2, -0.15) is 0 Å². The Labute approximate surface area is 75.5 Å². The first-order valence-corrected chi connectivity index (χ1v) is 4.70. The Morgan fingerprint density at radius 2 is 1.75 bits per heavy atom. The van der Waals surface area contributed by atoms with Crippen LogP contribution < -0.4 is 0 Å². The van der Waals surface area contributed by atoms with E-state index in [1.165, 1.54) is 0 Å². The lowest BCUT2D eigenvalue weighted by Gasteiger charge is -2.31. The van der Waals surface area contributed by atoms with Gasteiger partial charge in [-0.05, 0) is 13.8 Å². The first-order valence-electron chi connectivity index (χ1n) is 4.70. The minimum Gasteiger partial charge on any atom is -0.394 e. The van der Waals surface area contributed by atoms with E-state index >= 15 is 0 Å². The van der Waals surface area contributed by atoms with Crippen LogP contribution in [0.4, 0.5) is 0 Å². The van der Waals surface area contributed by atoms with E-state index in [4.69, 9.17) is 9.84 Å². The predicted octanol–water partition coefficient (Wildman–Crippen LogP) is 0.482. The number of rotatable bonds is 7. The van der Waals surface area contributed by atoms with Gasteiger partial charge in [0, 0.05) is 0 Å². The maximum absolute atomic E-state index is 8.48. The molecule has 12 heavy (non-hydrogen) atoms. The molecule has 3 nitrogen and oxygen atoms in total. The summed E-state index contributed by atoms with van der Waals surface area (Å²) in [5, 5.41) is 8.48. The van der Waals surface area contributed by atoms with Crippen molar-refractivity contribution in [1.82, 2.24) is 0 Å². The molecule has 0 spiro atoms. The number of hydrogen-bond acceptors (Lipinski definition) is 2. The van der Waals surface area contributed by atoms with E-state index in [0.29, 0.717) is 6.61 Å². The maximum Gasteiger partial charge on any atom is 0.102 e. The molecule has 0 aliphatic carbocycles. The third-order valence-corrected chi connectivity index (χ3v) is 2.54. The topological polar surface area (TPSA) is 29.5 Å². The van der Waals surface area contributed by atoms with Gasteiger partial charge >= 0.3 is 0 Å². The lowest BCUT2D eigenvalue weighted by Crippen LogP contribution is -2.45. The van der Waals surface area contributed by atoms with Crippen molar-refractivity contribution < 1.29 is 14.3 Å². The van der Waals surface area contributed by atoms with Gasteiger partial charge in [0.2, 0.25) is 0 Å². The zero-order valence-corrected chi connectivity index (χ0v) is 8.55. The second-order valence-electron chi connectivity index (χ2n) is 3.31. The molecule has 0 unspecified atom stereocenters. The van der Waals surface area contributed by atoms with E-state index in [0.717, 1.165) is 30.7 Å². The van der Waals surface area contributed by atoms with Gasteiger partial charge in [0.15, 0.2) is 0 Å². The van der Waals surface area contributed by atoms with Crippen molar-refractivity contribution in [2.75, 3.05) is 46.5 Å². The summed E-state index contributed by atoms with van der Waals surface area (Å²) in [7, 11) is 2.22. The van der Waals surface area contributed by atoms with Crippen molar-refractivity contribution in [2.45, 2.75) is 13.8 Å². The van der Waals surface area contributed by atoms with Crippen molar-refractivity contribution in [3.8, 4) is 0 Å². The highest BCUT2D eigenvalue weighted by atomic mass is 16.5. The standard InChI is InChI=1S/C9H22NO2/c1-4-10(3,5-2)6-8-12-9-7-11/h11H,4-9H2,1-3H3/q+1. The molecule has 1 N–H and O–H groups in total. The molecule has 0 saturated carbocycles. The minimum atomic E-state index is 0.127. The zero-order chi connectivity index (χ0) is 9.45. The van der Waals surface area contributed by atoms with Crippen molar-refractivity contribution >= 4 is 0 Å². The summed E-state index contributed by atoms with van der Waals surface area (Å²) in [5.74, 6) is 0. The maximum atomic E-state index is 8.48. The zero-order valence-electron chi connectivity index (χ0n) is 8.55. The largest absolute Gasteiger partial charge is 0.394 e. The van der Waals surface area contributed by atoms with Gasteiger partial charge in [0.25, 0.3) is 0 Å². The van der Waals surface area contributed by atoms with Gasteiger partial charge < -0.3 is 14.3 Å². The molecule has 0 saturated heterocycles. The van der Waals surface area contributed by atoms with E-state index in [2.05, 4.69) is 20.9 Å². The minimum absolute atomic E-state index is 0.127. The van der Waals surface area contributed by atoms with E-state index in [1.807, 2.05) is 0 Å². The Bertz CT molecular complexity index is 103. The van der Waals surface area contributed by atoms with Crippen LogP contribution in [-0.4, -0.2) is 56.1 Å². The SMILES string of the molecule is CC[N+](C)(CC)CCOCCO. The molecule has 0 aromatic carbocycles. The molecule has 0 atom stereocenters. The first kappa shape index (κ1) is 11.9. The summed E-state index contributed by atoms with van der Waals surface area (Å²) in [4.78, 5) is 0. The molecular formula is C9H22NO2+. The monoisotopic (exact) mass is 176 g/mol. The fourth-order valence-corrected chi connectivity index (χ4v) is 0.991. The second-order valence-corrected chi connectivity index (χ2v) is 3.31. The fourth-order valence-electron chi connectivity index (χ4n) is 0.991. The second kappa shape index (κ2) is 6.40. The highest BCUT2D eigenvalue weighted by Crippen LogP contribution is 1.99. The molecule has 0 aliphatic heterocycles. The summed E-state index contributed by atoms with van der Waals surface area (Å²) >= 11 is 0. The molecule has 3 heteroatoms. The van der Waals surface area contributed by atoms with E-state index in [-0.39, 0.29) is 6.61 Å². The summed E-state index contributed by atoms with van der Waals surface area (Å²) in [6, 6.07) is 0. The molecule has 0 aliphatic rings. The van der Waals surface area contributed by atoms with E-state index in [9.17, 15) is 0 Å². The van der Waals surface area contributed by atoms with Crippen molar-refractivity contribution in [1.29, 1.82) is 0 Å². The van der Waals surface area contributed by atoms with E-state index in [1.54, 1.807) is 0 Å². The number of aliphatic hydroxyl groups is 1. The molecule has 0 rings (SSSR count). The molecule has 0 radical (unpaired) electrons. The van der Waals surface area contributed by atoms with Crippen LogP contribution in [-0.2, 0) is 4.74 Å². The van der Waals surface area contributed by atoms with Crippen LogP contribution >= 0.6 is 0 Å². The highest BCUT2D eigenvalue weighted by molar-refractivity contribution is 4.34. The summed E-state index contributed by atoms with van der Waals surface area (Å²) in [5.41, 5.74) is 0. The number of hydrogen-bond donors (Lipinski definition) is 1. The van der Waals surface area contributed by atoms with Gasteiger partial charge in [-0.25, -0.2) is 0 Å². The van der Waals surface area contributed by atoms with E-state index < -0.39 is 0 Å². The lowest BCUT2D eigenvalue weighted by molar-refractivity contribution is -0.906. The molecule has 0 bridgehead atoms. The smallest absolute Gasteiger partial charge is 0.102 e. The molecular weight excluding hydrogens is 154 g/mol. The van der Waals surface area contributed by atoms with Gasteiger partial charge in [-0.15, -0.1) is 0 Å². The van der Waals surface area contributed by atoms with Gasteiger partial charge in [-0.1, -0.05) is 0 Å². The predicted molar refractivity (Wildman–Crippen MR) is 50.0 cm³/mol. The van der Waals surface area contributed by atoms with Gasteiger partial charge in [-0.3, -0.25) is 0 Å². The summed E-state index contributed by atoms with van der Waals surface area (Å²) < 4.78 is 6.26. The Balaban J connectivity index is 3.45. The van der Waals surface area contributed by atoms with Gasteiger partial charge in [0.1, 0.15) is 6.54 Å². The Hall–Kier alpha value is -0.120. The number of quaternary nitrogens is 1. The number of nitrogens with zero attached hydrogens (tertiary/aromatic N) is 1. The third-order valence-electron chi connectivity index (χ3n) is 2.54. The lowest BCUT2D eigenvalue weighted by atomic mass is 10.4. The van der Waals surface area contributed by atoms with Crippen LogP contribution in [0.15, 0.2) is 0 Å². The third kappa shape index (κ3) is 4.70. The highest BCUT2D eigenvalue weighted by Gasteiger charge is 2.14. The Kier molecular flexibility index (Phi) is 6.34. The van der Waals surface area contributed by atoms with Crippen LogP contribution in [0.25, 0.3) is 0 Å². The normalized spacial score (nSPS) is 12.0. The molecule has 0 amide bonds. The fraction of sp³-hybridized carbons (Fsp3) is 1.00. The number of aliphatic hydroxyl groups excluding tert-OH is 1. The molecule has 74 valence electrons. The number of likely N-dealkylation sites (N-methyl/N-ethyl adjacent to an activating group) is 1. The molecule has 0 heterocycles. The Morgan fingerprint density at radius 3 is 2.17 bits per heavy atom.